The average molecular weight is 406 g/mol. The van der Waals surface area contributed by atoms with Gasteiger partial charge >= 0.3 is 0 Å². The summed E-state index contributed by atoms with van der Waals surface area (Å²) in [7, 11) is 0. The zero-order valence-corrected chi connectivity index (χ0v) is 17.9. The maximum Gasteiger partial charge on any atom is 0.167 e. The van der Waals surface area contributed by atoms with Crippen molar-refractivity contribution in [1.82, 2.24) is 4.90 Å². The Morgan fingerprint density at radius 1 is 1.23 bits per heavy atom. The van der Waals surface area contributed by atoms with Gasteiger partial charge in [-0.15, -0.1) is 0 Å². The lowest BCUT2D eigenvalue weighted by Gasteiger charge is -2.32. The van der Waals surface area contributed by atoms with E-state index in [1.807, 2.05) is 50.2 Å². The van der Waals surface area contributed by atoms with E-state index in [4.69, 9.17) is 9.84 Å². The maximum atomic E-state index is 13.1. The number of Topliss-reactive ketones (excluding diaryl/α,β-unsaturated/α-hetero) is 1. The first kappa shape index (κ1) is 22.1. The van der Waals surface area contributed by atoms with Crippen LogP contribution in [0.25, 0.3) is 0 Å². The number of ketones is 1. The van der Waals surface area contributed by atoms with Crippen LogP contribution in [-0.4, -0.2) is 41.6 Å². The van der Waals surface area contributed by atoms with Gasteiger partial charge in [-0.3, -0.25) is 9.69 Å². The highest BCUT2D eigenvalue weighted by atomic mass is 16.5. The van der Waals surface area contributed by atoms with Crippen LogP contribution in [0.4, 0.5) is 0 Å². The summed E-state index contributed by atoms with van der Waals surface area (Å²) in [6, 6.07) is 15.8. The van der Waals surface area contributed by atoms with Crippen molar-refractivity contribution in [3.63, 3.8) is 0 Å². The van der Waals surface area contributed by atoms with Crippen LogP contribution >= 0.6 is 0 Å². The number of carbonyl (C=O) groups excluding carboxylic acids is 1. The molecule has 0 unspecified atom stereocenters. The lowest BCUT2D eigenvalue weighted by Crippen LogP contribution is -2.38. The van der Waals surface area contributed by atoms with Crippen LogP contribution < -0.4 is 4.74 Å². The number of nitrogens with zero attached hydrogens (tertiary/aromatic N) is 1. The highest BCUT2D eigenvalue weighted by Crippen LogP contribution is 2.24. The molecule has 30 heavy (non-hydrogen) atoms. The number of aliphatic hydroxyl groups excluding tert-OH is 1. The number of hydrogen-bond acceptors (Lipinski definition) is 4. The van der Waals surface area contributed by atoms with Gasteiger partial charge in [-0.25, -0.2) is 0 Å². The van der Waals surface area contributed by atoms with Gasteiger partial charge in [0.1, 0.15) is 5.75 Å². The van der Waals surface area contributed by atoms with E-state index in [1.165, 1.54) is 5.56 Å². The van der Waals surface area contributed by atoms with Gasteiger partial charge in [-0.05, 0) is 63.1 Å². The summed E-state index contributed by atoms with van der Waals surface area (Å²) in [6.07, 6.45) is 2.55. The third-order valence-electron chi connectivity index (χ3n) is 5.20. The fourth-order valence-electron chi connectivity index (χ4n) is 3.82. The summed E-state index contributed by atoms with van der Waals surface area (Å²) in [6.45, 7) is 6.70. The topological polar surface area (TPSA) is 49.8 Å². The van der Waals surface area contributed by atoms with E-state index < -0.39 is 0 Å². The number of likely N-dealkylation sites (tertiary alicyclic amines) is 1. The number of rotatable bonds is 7. The van der Waals surface area contributed by atoms with Gasteiger partial charge in [0.05, 0.1) is 12.7 Å². The highest BCUT2D eigenvalue weighted by molar-refractivity contribution is 5.98. The maximum absolute atomic E-state index is 13.1. The Bertz CT molecular complexity index is 892. The van der Waals surface area contributed by atoms with Crippen LogP contribution in [0.1, 0.15) is 54.6 Å². The van der Waals surface area contributed by atoms with Crippen molar-refractivity contribution in [3.8, 4) is 17.6 Å². The zero-order valence-electron chi connectivity index (χ0n) is 17.9. The SMILES string of the molecule is CC(C)Oc1cccc(C(=O)[C@H]2CCCN(Cc3ccc(C#CCCO)cc3)C2)c1. The van der Waals surface area contributed by atoms with Gasteiger partial charge in [0, 0.05) is 36.6 Å². The Labute approximate surface area is 179 Å². The lowest BCUT2D eigenvalue weighted by atomic mass is 9.89. The Kier molecular flexibility index (Phi) is 8.07. The normalized spacial score (nSPS) is 16.7. The van der Waals surface area contributed by atoms with Crippen LogP contribution in [-0.2, 0) is 6.54 Å². The zero-order chi connectivity index (χ0) is 21.3. The molecule has 2 aromatic rings. The number of ether oxygens (including phenoxy) is 1. The molecule has 0 aromatic heterocycles. The fourth-order valence-corrected chi connectivity index (χ4v) is 3.82. The molecule has 0 spiro atoms. The van der Waals surface area contributed by atoms with E-state index in [0.717, 1.165) is 49.4 Å². The quantitative estimate of drug-likeness (QED) is 0.551. The van der Waals surface area contributed by atoms with Crippen molar-refractivity contribution in [3.05, 3.63) is 65.2 Å². The molecule has 1 N–H and O–H groups in total. The largest absolute Gasteiger partial charge is 0.491 e. The molecule has 1 heterocycles. The minimum Gasteiger partial charge on any atom is -0.491 e. The van der Waals surface area contributed by atoms with Gasteiger partial charge in [0.25, 0.3) is 0 Å². The molecule has 1 fully saturated rings. The monoisotopic (exact) mass is 405 g/mol. The molecular weight excluding hydrogens is 374 g/mol. The average Bonchev–Trinajstić information content (AvgIpc) is 2.74. The van der Waals surface area contributed by atoms with Crippen molar-refractivity contribution in [2.24, 2.45) is 5.92 Å². The summed E-state index contributed by atoms with van der Waals surface area (Å²) in [5, 5.41) is 8.81. The van der Waals surface area contributed by atoms with Gasteiger partial charge in [0.15, 0.2) is 5.78 Å². The molecule has 4 nitrogen and oxygen atoms in total. The fraction of sp³-hybridized carbons (Fsp3) is 0.423. The minimum absolute atomic E-state index is 0.0247. The molecule has 0 aliphatic carbocycles. The Balaban J connectivity index is 1.60. The van der Waals surface area contributed by atoms with Crippen LogP contribution in [0, 0.1) is 17.8 Å². The van der Waals surface area contributed by atoms with Gasteiger partial charge in [0.2, 0.25) is 0 Å². The van der Waals surface area contributed by atoms with Gasteiger partial charge < -0.3 is 9.84 Å². The molecule has 1 saturated heterocycles. The van der Waals surface area contributed by atoms with Crippen molar-refractivity contribution in [1.29, 1.82) is 0 Å². The molecule has 3 rings (SSSR count). The molecule has 1 atom stereocenters. The summed E-state index contributed by atoms with van der Waals surface area (Å²) in [5.74, 6) is 6.99. The Hall–Kier alpha value is -2.61. The molecule has 1 aliphatic rings. The predicted molar refractivity (Wildman–Crippen MR) is 120 cm³/mol. The summed E-state index contributed by atoms with van der Waals surface area (Å²) < 4.78 is 5.75. The van der Waals surface area contributed by atoms with Crippen LogP contribution in [0.5, 0.6) is 5.75 Å². The van der Waals surface area contributed by atoms with Crippen molar-refractivity contribution in [2.45, 2.75) is 45.8 Å². The van der Waals surface area contributed by atoms with Crippen molar-refractivity contribution < 1.29 is 14.6 Å². The first-order valence-corrected chi connectivity index (χ1v) is 10.8. The third-order valence-corrected chi connectivity index (χ3v) is 5.20. The third kappa shape index (κ3) is 6.45. The molecule has 4 heteroatoms. The number of aliphatic hydroxyl groups is 1. The summed E-state index contributed by atoms with van der Waals surface area (Å²) >= 11 is 0. The molecule has 0 saturated carbocycles. The number of carbonyl (C=O) groups is 1. The van der Waals surface area contributed by atoms with Crippen LogP contribution in [0.2, 0.25) is 0 Å². The van der Waals surface area contributed by atoms with Crippen LogP contribution in [0.15, 0.2) is 48.5 Å². The summed E-state index contributed by atoms with van der Waals surface area (Å²) in [5.41, 5.74) is 2.93. The highest BCUT2D eigenvalue weighted by Gasteiger charge is 2.26. The molecule has 158 valence electrons. The van der Waals surface area contributed by atoms with Crippen molar-refractivity contribution in [2.75, 3.05) is 19.7 Å². The van der Waals surface area contributed by atoms with E-state index in [9.17, 15) is 4.79 Å². The van der Waals surface area contributed by atoms with E-state index in [-0.39, 0.29) is 24.4 Å². The van der Waals surface area contributed by atoms with Gasteiger partial charge in [-0.1, -0.05) is 36.1 Å². The second-order valence-electron chi connectivity index (χ2n) is 8.11. The van der Waals surface area contributed by atoms with E-state index in [0.29, 0.717) is 6.42 Å². The smallest absolute Gasteiger partial charge is 0.167 e. The number of hydrogen-bond donors (Lipinski definition) is 1. The minimum atomic E-state index is 0.0247. The second-order valence-corrected chi connectivity index (χ2v) is 8.11. The molecule has 0 amide bonds. The van der Waals surface area contributed by atoms with E-state index in [2.05, 4.69) is 28.9 Å². The lowest BCUT2D eigenvalue weighted by molar-refractivity contribution is 0.0811. The Morgan fingerprint density at radius 2 is 2.03 bits per heavy atom. The molecule has 1 aliphatic heterocycles. The van der Waals surface area contributed by atoms with E-state index >= 15 is 0 Å². The molecule has 0 radical (unpaired) electrons. The van der Waals surface area contributed by atoms with E-state index in [1.54, 1.807) is 0 Å². The molecule has 0 bridgehead atoms. The first-order chi connectivity index (χ1) is 14.5. The predicted octanol–water partition coefficient (Wildman–Crippen LogP) is 4.30. The van der Waals surface area contributed by atoms with Gasteiger partial charge in [-0.2, -0.15) is 0 Å². The molecular formula is C26H31NO3. The molecule has 2 aromatic carbocycles. The number of piperidine rings is 1. The first-order valence-electron chi connectivity index (χ1n) is 10.8. The standard InChI is InChI=1S/C26H31NO3/c1-20(2)30-25-10-5-8-23(17-25)26(29)24-9-6-15-27(19-24)18-22-13-11-21(12-14-22)7-3-4-16-28/h5,8,10-14,17,20,24,28H,4,6,9,15-16,18-19H2,1-2H3/t24-/m0/s1. The Morgan fingerprint density at radius 3 is 2.77 bits per heavy atom. The number of benzene rings is 2. The summed E-state index contributed by atoms with van der Waals surface area (Å²) in [4.78, 5) is 15.5. The van der Waals surface area contributed by atoms with Crippen LogP contribution in [0.3, 0.4) is 0 Å². The van der Waals surface area contributed by atoms with Crippen molar-refractivity contribution >= 4 is 5.78 Å². The second kappa shape index (κ2) is 11.0.